The van der Waals surface area contributed by atoms with Crippen LogP contribution in [0.4, 0.5) is 0 Å². The highest BCUT2D eigenvalue weighted by atomic mass is 16.5. The van der Waals surface area contributed by atoms with Crippen LogP contribution in [0.5, 0.6) is 23.0 Å². The molecule has 104 valence electrons. The molecule has 1 heterocycles. The molecule has 1 atom stereocenters. The van der Waals surface area contributed by atoms with E-state index in [4.69, 9.17) is 18.9 Å². The molecule has 0 amide bonds. The van der Waals surface area contributed by atoms with Gasteiger partial charge in [0.25, 0.3) is 0 Å². The molecule has 1 aliphatic heterocycles. The van der Waals surface area contributed by atoms with Gasteiger partial charge in [-0.1, -0.05) is 13.3 Å². The highest BCUT2D eigenvalue weighted by Crippen LogP contribution is 2.48. The number of carbonyl (C=O) groups excluding carboxylic acids is 1. The summed E-state index contributed by atoms with van der Waals surface area (Å²) in [7, 11) is 4.54. The van der Waals surface area contributed by atoms with Crippen molar-refractivity contribution in [3.63, 3.8) is 0 Å². The second kappa shape index (κ2) is 5.38. The van der Waals surface area contributed by atoms with Gasteiger partial charge in [-0.25, -0.2) is 0 Å². The second-order valence-corrected chi connectivity index (χ2v) is 4.28. The van der Waals surface area contributed by atoms with Gasteiger partial charge in [0.15, 0.2) is 17.6 Å². The SMILES string of the molecule is CCCC1Oc2cc(OC)c(OC)c(OC)c2C1=O. The Morgan fingerprint density at radius 2 is 1.84 bits per heavy atom. The Morgan fingerprint density at radius 3 is 2.37 bits per heavy atom. The van der Waals surface area contributed by atoms with Crippen molar-refractivity contribution in [1.82, 2.24) is 0 Å². The van der Waals surface area contributed by atoms with E-state index in [0.717, 1.165) is 6.42 Å². The van der Waals surface area contributed by atoms with Gasteiger partial charge in [-0.3, -0.25) is 4.79 Å². The summed E-state index contributed by atoms with van der Waals surface area (Å²) in [6.07, 6.45) is 1.12. The van der Waals surface area contributed by atoms with Gasteiger partial charge in [-0.15, -0.1) is 0 Å². The Hall–Kier alpha value is -1.91. The molecule has 0 saturated heterocycles. The number of benzene rings is 1. The topological polar surface area (TPSA) is 54.0 Å². The lowest BCUT2D eigenvalue weighted by atomic mass is 10.0. The van der Waals surface area contributed by atoms with E-state index in [1.54, 1.807) is 6.07 Å². The molecule has 5 nitrogen and oxygen atoms in total. The zero-order chi connectivity index (χ0) is 14.0. The third-order valence-corrected chi connectivity index (χ3v) is 3.15. The maximum absolute atomic E-state index is 12.3. The number of methoxy groups -OCH3 is 3. The third kappa shape index (κ3) is 2.09. The normalized spacial score (nSPS) is 16.8. The summed E-state index contributed by atoms with van der Waals surface area (Å²) in [5, 5.41) is 0. The Labute approximate surface area is 112 Å². The fraction of sp³-hybridized carbons (Fsp3) is 0.500. The van der Waals surface area contributed by atoms with E-state index >= 15 is 0 Å². The first-order valence-corrected chi connectivity index (χ1v) is 6.21. The standard InChI is InChI=1S/C14H18O5/c1-5-6-8-12(15)11-9(19-8)7-10(16-2)13(17-3)14(11)18-4/h7-8H,5-6H2,1-4H3. The predicted molar refractivity (Wildman–Crippen MR) is 69.8 cm³/mol. The summed E-state index contributed by atoms with van der Waals surface area (Å²) >= 11 is 0. The second-order valence-electron chi connectivity index (χ2n) is 4.28. The largest absolute Gasteiger partial charge is 0.493 e. The van der Waals surface area contributed by atoms with Crippen LogP contribution >= 0.6 is 0 Å². The minimum absolute atomic E-state index is 0.0605. The Kier molecular flexibility index (Phi) is 3.83. The van der Waals surface area contributed by atoms with Gasteiger partial charge in [0, 0.05) is 6.07 Å². The summed E-state index contributed by atoms with van der Waals surface area (Å²) in [6, 6.07) is 1.67. The Morgan fingerprint density at radius 1 is 1.16 bits per heavy atom. The van der Waals surface area contributed by atoms with Crippen LogP contribution in [-0.2, 0) is 0 Å². The fourth-order valence-corrected chi connectivity index (χ4v) is 2.28. The molecule has 1 aromatic rings. The predicted octanol–water partition coefficient (Wildman–Crippen LogP) is 2.46. The molecule has 0 spiro atoms. The molecule has 0 fully saturated rings. The summed E-state index contributed by atoms with van der Waals surface area (Å²) in [4.78, 5) is 12.3. The van der Waals surface area contributed by atoms with E-state index < -0.39 is 6.10 Å². The maximum atomic E-state index is 12.3. The van der Waals surface area contributed by atoms with Crippen LogP contribution in [0.15, 0.2) is 6.07 Å². The summed E-state index contributed by atoms with van der Waals surface area (Å²) in [6.45, 7) is 2.01. The fourth-order valence-electron chi connectivity index (χ4n) is 2.28. The van der Waals surface area contributed by atoms with Crippen LogP contribution in [-0.4, -0.2) is 33.2 Å². The van der Waals surface area contributed by atoms with Crippen LogP contribution in [0.25, 0.3) is 0 Å². The average molecular weight is 266 g/mol. The quantitative estimate of drug-likeness (QED) is 0.819. The molecule has 2 rings (SSSR count). The lowest BCUT2D eigenvalue weighted by Crippen LogP contribution is -2.19. The smallest absolute Gasteiger partial charge is 0.210 e. The molecule has 0 aromatic heterocycles. The van der Waals surface area contributed by atoms with Gasteiger partial charge in [-0.05, 0) is 6.42 Å². The van der Waals surface area contributed by atoms with Crippen molar-refractivity contribution in [2.45, 2.75) is 25.9 Å². The average Bonchev–Trinajstić information content (AvgIpc) is 2.73. The molecule has 19 heavy (non-hydrogen) atoms. The van der Waals surface area contributed by atoms with E-state index in [0.29, 0.717) is 35.0 Å². The van der Waals surface area contributed by atoms with Crippen LogP contribution in [0.1, 0.15) is 30.1 Å². The molecule has 1 aromatic carbocycles. The van der Waals surface area contributed by atoms with E-state index in [-0.39, 0.29) is 5.78 Å². The molecular formula is C14H18O5. The van der Waals surface area contributed by atoms with Crippen molar-refractivity contribution in [1.29, 1.82) is 0 Å². The molecule has 1 unspecified atom stereocenters. The van der Waals surface area contributed by atoms with Crippen LogP contribution < -0.4 is 18.9 Å². The van der Waals surface area contributed by atoms with Gasteiger partial charge in [0.05, 0.1) is 21.3 Å². The molecule has 0 bridgehead atoms. The van der Waals surface area contributed by atoms with E-state index in [1.165, 1.54) is 21.3 Å². The Bertz CT molecular complexity index is 495. The van der Waals surface area contributed by atoms with Crippen LogP contribution in [0, 0.1) is 0 Å². The van der Waals surface area contributed by atoms with Crippen LogP contribution in [0.3, 0.4) is 0 Å². The molecule has 0 N–H and O–H groups in total. The molecular weight excluding hydrogens is 248 g/mol. The van der Waals surface area contributed by atoms with E-state index in [2.05, 4.69) is 0 Å². The van der Waals surface area contributed by atoms with Gasteiger partial charge < -0.3 is 18.9 Å². The molecule has 5 heteroatoms. The first kappa shape index (κ1) is 13.5. The van der Waals surface area contributed by atoms with E-state index in [1.807, 2.05) is 6.92 Å². The van der Waals surface area contributed by atoms with Crippen molar-refractivity contribution in [2.75, 3.05) is 21.3 Å². The minimum atomic E-state index is -0.439. The minimum Gasteiger partial charge on any atom is -0.493 e. The van der Waals surface area contributed by atoms with Crippen LogP contribution in [0.2, 0.25) is 0 Å². The first-order valence-electron chi connectivity index (χ1n) is 6.21. The van der Waals surface area contributed by atoms with Crippen molar-refractivity contribution in [3.05, 3.63) is 11.6 Å². The maximum Gasteiger partial charge on any atom is 0.210 e. The number of rotatable bonds is 5. The zero-order valence-electron chi connectivity index (χ0n) is 11.6. The van der Waals surface area contributed by atoms with E-state index in [9.17, 15) is 4.79 Å². The summed E-state index contributed by atoms with van der Waals surface area (Å²) < 4.78 is 21.5. The number of fused-ring (bicyclic) bond motifs is 1. The van der Waals surface area contributed by atoms with Gasteiger partial charge in [0.2, 0.25) is 11.5 Å². The first-order chi connectivity index (χ1) is 9.17. The summed E-state index contributed by atoms with van der Waals surface area (Å²) in [5.41, 5.74) is 0.443. The van der Waals surface area contributed by atoms with Gasteiger partial charge >= 0.3 is 0 Å². The molecule has 1 aliphatic rings. The number of ether oxygens (including phenoxy) is 4. The number of hydrogen-bond donors (Lipinski definition) is 0. The van der Waals surface area contributed by atoms with Gasteiger partial charge in [0.1, 0.15) is 11.3 Å². The molecule has 0 aliphatic carbocycles. The number of Topliss-reactive ketones (excluding diaryl/α,β-unsaturated/α-hetero) is 1. The number of carbonyl (C=O) groups is 1. The van der Waals surface area contributed by atoms with Crippen molar-refractivity contribution < 1.29 is 23.7 Å². The highest BCUT2D eigenvalue weighted by molar-refractivity contribution is 6.08. The lowest BCUT2D eigenvalue weighted by molar-refractivity contribution is 0.0843. The highest BCUT2D eigenvalue weighted by Gasteiger charge is 2.37. The van der Waals surface area contributed by atoms with Crippen molar-refractivity contribution >= 4 is 5.78 Å². The summed E-state index contributed by atoms with van der Waals surface area (Å²) in [5.74, 6) is 1.72. The number of hydrogen-bond acceptors (Lipinski definition) is 5. The number of ketones is 1. The van der Waals surface area contributed by atoms with Gasteiger partial charge in [-0.2, -0.15) is 0 Å². The monoisotopic (exact) mass is 266 g/mol. The lowest BCUT2D eigenvalue weighted by Gasteiger charge is -2.14. The zero-order valence-corrected chi connectivity index (χ0v) is 11.6. The molecule has 0 saturated carbocycles. The Balaban J connectivity index is 2.55. The molecule has 0 radical (unpaired) electrons. The van der Waals surface area contributed by atoms with Crippen molar-refractivity contribution in [2.24, 2.45) is 0 Å². The third-order valence-electron chi connectivity index (χ3n) is 3.15. The van der Waals surface area contributed by atoms with Crippen molar-refractivity contribution in [3.8, 4) is 23.0 Å².